The number of allylic oxidation sites excluding steroid dienone is 1. The van der Waals surface area contributed by atoms with Crippen LogP contribution in [0.3, 0.4) is 0 Å². The predicted octanol–water partition coefficient (Wildman–Crippen LogP) is 2.05. The van der Waals surface area contributed by atoms with Crippen molar-refractivity contribution in [3.8, 4) is 0 Å². The maximum atomic E-state index is 2.53. The van der Waals surface area contributed by atoms with Crippen molar-refractivity contribution < 1.29 is 0 Å². The fraction of sp³-hybridized carbons (Fsp3) is 0.800. The van der Waals surface area contributed by atoms with Crippen LogP contribution in [0.2, 0.25) is 0 Å². The molecule has 1 heterocycles. The first-order valence-corrected chi connectivity index (χ1v) is 4.64. The van der Waals surface area contributed by atoms with Gasteiger partial charge in [-0.25, -0.2) is 0 Å². The standard InChI is InChI=1S/C10H17N/c1-3-8-4-9-6-10(5-8)11(2)7-9/h3,9-10H,4-7H2,1-2H3/b8-3+. The topological polar surface area (TPSA) is 3.24 Å². The number of rotatable bonds is 0. The summed E-state index contributed by atoms with van der Waals surface area (Å²) >= 11 is 0. The molecule has 2 fully saturated rings. The van der Waals surface area contributed by atoms with Gasteiger partial charge in [-0.05, 0) is 39.2 Å². The van der Waals surface area contributed by atoms with Gasteiger partial charge in [-0.3, -0.25) is 0 Å². The van der Waals surface area contributed by atoms with Crippen molar-refractivity contribution in [3.05, 3.63) is 11.6 Å². The SMILES string of the molecule is C/C=C1\CC2CC(C1)N(C)C2. The second-order valence-corrected chi connectivity index (χ2v) is 4.05. The molecule has 0 spiro atoms. The van der Waals surface area contributed by atoms with Gasteiger partial charge in [0.2, 0.25) is 0 Å². The van der Waals surface area contributed by atoms with Crippen LogP contribution in [0.15, 0.2) is 11.6 Å². The molecule has 2 aliphatic rings. The lowest BCUT2D eigenvalue weighted by atomic mass is 9.86. The molecule has 2 rings (SSSR count). The average molecular weight is 151 g/mol. The van der Waals surface area contributed by atoms with E-state index in [9.17, 15) is 0 Å². The molecule has 2 bridgehead atoms. The molecular weight excluding hydrogens is 134 g/mol. The Morgan fingerprint density at radius 3 is 2.91 bits per heavy atom. The smallest absolute Gasteiger partial charge is 0.0133 e. The van der Waals surface area contributed by atoms with E-state index in [0.717, 1.165) is 12.0 Å². The molecule has 1 saturated carbocycles. The van der Waals surface area contributed by atoms with Crippen LogP contribution in [0.25, 0.3) is 0 Å². The molecule has 1 nitrogen and oxygen atoms in total. The molecule has 0 radical (unpaired) electrons. The maximum Gasteiger partial charge on any atom is 0.0133 e. The van der Waals surface area contributed by atoms with Crippen LogP contribution in [0, 0.1) is 5.92 Å². The number of fused-ring (bicyclic) bond motifs is 2. The van der Waals surface area contributed by atoms with Crippen molar-refractivity contribution in [1.29, 1.82) is 0 Å². The second kappa shape index (κ2) is 2.63. The minimum atomic E-state index is 0.875. The predicted molar refractivity (Wildman–Crippen MR) is 47.5 cm³/mol. The first kappa shape index (κ1) is 7.35. The molecule has 0 aromatic heterocycles. The highest BCUT2D eigenvalue weighted by Crippen LogP contribution is 2.37. The summed E-state index contributed by atoms with van der Waals surface area (Å²) in [4.78, 5) is 2.53. The van der Waals surface area contributed by atoms with E-state index in [2.05, 4.69) is 24.9 Å². The molecule has 11 heavy (non-hydrogen) atoms. The van der Waals surface area contributed by atoms with Gasteiger partial charge in [0.15, 0.2) is 0 Å². The zero-order valence-corrected chi connectivity index (χ0v) is 7.51. The van der Waals surface area contributed by atoms with Crippen LogP contribution < -0.4 is 0 Å². The summed E-state index contributed by atoms with van der Waals surface area (Å²) < 4.78 is 0. The molecule has 0 aromatic carbocycles. The van der Waals surface area contributed by atoms with Crippen molar-refractivity contribution in [1.82, 2.24) is 4.90 Å². The molecule has 2 atom stereocenters. The van der Waals surface area contributed by atoms with Crippen molar-refractivity contribution >= 4 is 0 Å². The lowest BCUT2D eigenvalue weighted by Gasteiger charge is -2.22. The highest BCUT2D eigenvalue weighted by atomic mass is 15.2. The lowest BCUT2D eigenvalue weighted by Crippen LogP contribution is -2.24. The van der Waals surface area contributed by atoms with E-state index < -0.39 is 0 Å². The Morgan fingerprint density at radius 1 is 1.45 bits per heavy atom. The molecule has 1 aliphatic heterocycles. The Bertz CT molecular complexity index is 181. The van der Waals surface area contributed by atoms with E-state index in [4.69, 9.17) is 0 Å². The zero-order valence-electron chi connectivity index (χ0n) is 7.51. The Hall–Kier alpha value is -0.300. The Morgan fingerprint density at radius 2 is 2.27 bits per heavy atom. The molecule has 1 heteroatoms. The van der Waals surface area contributed by atoms with E-state index in [-0.39, 0.29) is 0 Å². The number of nitrogens with zero attached hydrogens (tertiary/aromatic N) is 1. The fourth-order valence-corrected chi connectivity index (χ4v) is 2.58. The number of hydrogen-bond acceptors (Lipinski definition) is 1. The van der Waals surface area contributed by atoms with Crippen LogP contribution in [-0.2, 0) is 0 Å². The molecule has 0 N–H and O–H groups in total. The third-order valence-electron chi connectivity index (χ3n) is 3.23. The van der Waals surface area contributed by atoms with Gasteiger partial charge < -0.3 is 4.90 Å². The van der Waals surface area contributed by atoms with Gasteiger partial charge in [0.05, 0.1) is 0 Å². The summed E-state index contributed by atoms with van der Waals surface area (Å²) in [6.07, 6.45) is 6.48. The van der Waals surface area contributed by atoms with Crippen LogP contribution in [-0.4, -0.2) is 24.5 Å². The first-order valence-electron chi connectivity index (χ1n) is 4.64. The normalized spacial score (nSPS) is 41.8. The summed E-state index contributed by atoms with van der Waals surface area (Å²) in [5.41, 5.74) is 1.69. The van der Waals surface area contributed by atoms with Crippen molar-refractivity contribution in [2.45, 2.75) is 32.2 Å². The molecule has 62 valence electrons. The van der Waals surface area contributed by atoms with Crippen LogP contribution in [0.1, 0.15) is 26.2 Å². The van der Waals surface area contributed by atoms with Gasteiger partial charge >= 0.3 is 0 Å². The van der Waals surface area contributed by atoms with E-state index in [1.165, 1.54) is 25.8 Å². The van der Waals surface area contributed by atoms with Gasteiger partial charge in [0.25, 0.3) is 0 Å². The number of likely N-dealkylation sites (tertiary alicyclic amines) is 1. The van der Waals surface area contributed by atoms with Gasteiger partial charge in [-0.15, -0.1) is 0 Å². The monoisotopic (exact) mass is 151 g/mol. The van der Waals surface area contributed by atoms with E-state index >= 15 is 0 Å². The number of hydrogen-bond donors (Lipinski definition) is 0. The Balaban J connectivity index is 2.12. The van der Waals surface area contributed by atoms with Gasteiger partial charge in [-0.1, -0.05) is 11.6 Å². The molecule has 1 aliphatic carbocycles. The first-order chi connectivity index (χ1) is 5.29. The van der Waals surface area contributed by atoms with Crippen LogP contribution in [0.4, 0.5) is 0 Å². The van der Waals surface area contributed by atoms with Gasteiger partial charge in [0, 0.05) is 12.6 Å². The molecule has 1 saturated heterocycles. The highest BCUT2D eigenvalue weighted by Gasteiger charge is 2.34. The molecule has 2 unspecified atom stereocenters. The van der Waals surface area contributed by atoms with E-state index in [1.807, 2.05) is 0 Å². The maximum absolute atomic E-state index is 2.53. The minimum Gasteiger partial charge on any atom is -0.303 e. The quantitative estimate of drug-likeness (QED) is 0.479. The summed E-state index contributed by atoms with van der Waals surface area (Å²) in [5, 5.41) is 0. The molecule has 0 aromatic rings. The van der Waals surface area contributed by atoms with E-state index in [0.29, 0.717) is 0 Å². The van der Waals surface area contributed by atoms with E-state index in [1.54, 1.807) is 5.57 Å². The third kappa shape index (κ3) is 1.22. The largest absolute Gasteiger partial charge is 0.303 e. The Labute approximate surface area is 69.1 Å². The fourth-order valence-electron chi connectivity index (χ4n) is 2.58. The van der Waals surface area contributed by atoms with Crippen LogP contribution >= 0.6 is 0 Å². The highest BCUT2D eigenvalue weighted by molar-refractivity contribution is 5.11. The summed E-state index contributed by atoms with van der Waals surface area (Å²) in [6, 6.07) is 0.875. The van der Waals surface area contributed by atoms with Crippen LogP contribution in [0.5, 0.6) is 0 Å². The average Bonchev–Trinajstić information content (AvgIpc) is 2.26. The second-order valence-electron chi connectivity index (χ2n) is 4.05. The summed E-state index contributed by atoms with van der Waals surface area (Å²) in [6.45, 7) is 3.52. The summed E-state index contributed by atoms with van der Waals surface area (Å²) in [7, 11) is 2.27. The lowest BCUT2D eigenvalue weighted by molar-refractivity contribution is 0.311. The van der Waals surface area contributed by atoms with Gasteiger partial charge in [-0.2, -0.15) is 0 Å². The van der Waals surface area contributed by atoms with Crippen molar-refractivity contribution in [2.24, 2.45) is 5.92 Å². The van der Waals surface area contributed by atoms with Gasteiger partial charge in [0.1, 0.15) is 0 Å². The van der Waals surface area contributed by atoms with Crippen molar-refractivity contribution in [2.75, 3.05) is 13.6 Å². The third-order valence-corrected chi connectivity index (χ3v) is 3.23. The van der Waals surface area contributed by atoms with Crippen molar-refractivity contribution in [3.63, 3.8) is 0 Å². The minimum absolute atomic E-state index is 0.875. The molecule has 0 amide bonds. The zero-order chi connectivity index (χ0) is 7.84. The summed E-state index contributed by atoms with van der Waals surface area (Å²) in [5.74, 6) is 0.977. The Kier molecular flexibility index (Phi) is 1.76. The molecular formula is C10H17N.